The van der Waals surface area contributed by atoms with Gasteiger partial charge in [0, 0.05) is 37.3 Å². The first-order chi connectivity index (χ1) is 18.1. The quantitative estimate of drug-likeness (QED) is 0.330. The van der Waals surface area contributed by atoms with Crippen LogP contribution in [0.3, 0.4) is 0 Å². The van der Waals surface area contributed by atoms with Gasteiger partial charge in [0.15, 0.2) is 11.5 Å². The first-order valence-electron chi connectivity index (χ1n) is 12.8. The molecule has 0 aliphatic carbocycles. The highest BCUT2D eigenvalue weighted by atomic mass is 16.6. The van der Waals surface area contributed by atoms with Crippen molar-refractivity contribution in [3.8, 4) is 17.2 Å². The Morgan fingerprint density at radius 1 is 1.00 bits per heavy atom. The van der Waals surface area contributed by atoms with Crippen LogP contribution in [0.4, 0.5) is 0 Å². The lowest BCUT2D eigenvalue weighted by Gasteiger charge is -2.29. The number of Topliss-reactive ketones (excluding diaryl/α,β-unsaturated/α-hetero) is 1. The summed E-state index contributed by atoms with van der Waals surface area (Å²) in [5.74, 6) is 0.0452. The zero-order valence-electron chi connectivity index (χ0n) is 21.0. The van der Waals surface area contributed by atoms with E-state index < -0.39 is 17.7 Å². The largest absolute Gasteiger partial charge is 0.507 e. The van der Waals surface area contributed by atoms with E-state index in [1.54, 1.807) is 23.1 Å². The molecule has 9 nitrogen and oxygen atoms in total. The molecule has 0 bridgehead atoms. The Kier molecular flexibility index (Phi) is 7.62. The molecular weight excluding hydrogens is 476 g/mol. The number of carbonyl (C=O) groups is 2. The van der Waals surface area contributed by atoms with Crippen LogP contribution in [0, 0.1) is 0 Å². The van der Waals surface area contributed by atoms with Crippen molar-refractivity contribution in [2.75, 3.05) is 59.2 Å². The fourth-order valence-corrected chi connectivity index (χ4v) is 5.06. The van der Waals surface area contributed by atoms with E-state index in [0.717, 1.165) is 19.6 Å². The van der Waals surface area contributed by atoms with Gasteiger partial charge in [0.25, 0.3) is 11.7 Å². The van der Waals surface area contributed by atoms with Gasteiger partial charge < -0.3 is 29.0 Å². The molecule has 1 atom stereocenters. The molecule has 2 aromatic rings. The first-order valence-corrected chi connectivity index (χ1v) is 12.8. The number of aliphatic hydroxyl groups excluding tert-OH is 1. The predicted octanol–water partition coefficient (Wildman–Crippen LogP) is 3.00. The minimum atomic E-state index is -0.777. The number of morpholine rings is 1. The number of amides is 1. The number of benzene rings is 2. The summed E-state index contributed by atoms with van der Waals surface area (Å²) in [7, 11) is 0. The zero-order valence-corrected chi connectivity index (χ0v) is 21.0. The minimum Gasteiger partial charge on any atom is -0.507 e. The van der Waals surface area contributed by atoms with Crippen LogP contribution in [-0.4, -0.2) is 85.8 Å². The molecule has 0 aromatic heterocycles. The molecule has 37 heavy (non-hydrogen) atoms. The van der Waals surface area contributed by atoms with Crippen molar-refractivity contribution in [3.63, 3.8) is 0 Å². The number of hydrogen-bond donors (Lipinski definition) is 1. The Bertz CT molecular complexity index is 1190. The van der Waals surface area contributed by atoms with Crippen molar-refractivity contribution in [1.29, 1.82) is 0 Å². The molecule has 3 heterocycles. The lowest BCUT2D eigenvalue weighted by molar-refractivity contribution is -0.140. The fourth-order valence-electron chi connectivity index (χ4n) is 5.06. The zero-order chi connectivity index (χ0) is 25.8. The van der Waals surface area contributed by atoms with Crippen molar-refractivity contribution < 1.29 is 33.6 Å². The van der Waals surface area contributed by atoms with Gasteiger partial charge in [-0.25, -0.2) is 0 Å². The van der Waals surface area contributed by atoms with E-state index in [4.69, 9.17) is 18.9 Å². The molecular formula is C28H32N2O7. The summed E-state index contributed by atoms with van der Waals surface area (Å²) in [6.45, 7) is 7.39. The number of aliphatic hydroxyl groups is 1. The smallest absolute Gasteiger partial charge is 0.295 e. The van der Waals surface area contributed by atoms with Gasteiger partial charge in [-0.1, -0.05) is 18.2 Å². The number of nitrogens with zero attached hydrogens (tertiary/aromatic N) is 2. The SMILES string of the molecule is CCOc1ccccc1C1C(=C(O)c2ccc3c(c2)OCCO3)C(=O)C(=O)N1CCCN1CCOCC1. The van der Waals surface area contributed by atoms with E-state index in [9.17, 15) is 14.7 Å². The average Bonchev–Trinajstić information content (AvgIpc) is 3.18. The molecule has 196 valence electrons. The number of rotatable bonds is 8. The third-order valence-corrected chi connectivity index (χ3v) is 6.85. The molecule has 1 unspecified atom stereocenters. The van der Waals surface area contributed by atoms with Crippen molar-refractivity contribution >= 4 is 17.4 Å². The number of para-hydroxylation sites is 1. The third kappa shape index (κ3) is 5.14. The van der Waals surface area contributed by atoms with Crippen molar-refractivity contribution in [1.82, 2.24) is 9.80 Å². The van der Waals surface area contributed by atoms with Crippen LogP contribution < -0.4 is 14.2 Å². The van der Waals surface area contributed by atoms with Gasteiger partial charge in [0.2, 0.25) is 0 Å². The summed E-state index contributed by atoms with van der Waals surface area (Å²) in [6, 6.07) is 11.6. The molecule has 9 heteroatoms. The molecule has 2 fully saturated rings. The van der Waals surface area contributed by atoms with E-state index in [-0.39, 0.29) is 11.3 Å². The maximum Gasteiger partial charge on any atom is 0.295 e. The number of likely N-dealkylation sites (tertiary alicyclic amines) is 1. The van der Waals surface area contributed by atoms with Crippen LogP contribution in [0.15, 0.2) is 48.0 Å². The van der Waals surface area contributed by atoms with Crippen molar-refractivity contribution in [3.05, 3.63) is 59.2 Å². The minimum absolute atomic E-state index is 0.0419. The van der Waals surface area contributed by atoms with Crippen molar-refractivity contribution in [2.45, 2.75) is 19.4 Å². The number of ketones is 1. The molecule has 5 rings (SSSR count). The molecule has 2 aromatic carbocycles. The van der Waals surface area contributed by atoms with Gasteiger partial charge in [-0.3, -0.25) is 14.5 Å². The molecule has 2 saturated heterocycles. The topological polar surface area (TPSA) is 97.8 Å². The Morgan fingerprint density at radius 2 is 1.76 bits per heavy atom. The number of ether oxygens (including phenoxy) is 4. The number of carbonyl (C=O) groups excluding carboxylic acids is 2. The highest BCUT2D eigenvalue weighted by molar-refractivity contribution is 6.46. The average molecular weight is 509 g/mol. The van der Waals surface area contributed by atoms with Gasteiger partial charge in [0.1, 0.15) is 24.7 Å². The summed E-state index contributed by atoms with van der Waals surface area (Å²) in [6.07, 6.45) is 0.685. The maximum atomic E-state index is 13.4. The van der Waals surface area contributed by atoms with E-state index in [1.807, 2.05) is 31.2 Å². The first kappa shape index (κ1) is 25.1. The lowest BCUT2D eigenvalue weighted by atomic mass is 9.94. The highest BCUT2D eigenvalue weighted by Gasteiger charge is 2.47. The summed E-state index contributed by atoms with van der Waals surface area (Å²) >= 11 is 0. The summed E-state index contributed by atoms with van der Waals surface area (Å²) < 4.78 is 22.5. The van der Waals surface area contributed by atoms with Gasteiger partial charge in [0.05, 0.1) is 31.4 Å². The molecule has 0 saturated carbocycles. The Morgan fingerprint density at radius 3 is 2.54 bits per heavy atom. The second-order valence-electron chi connectivity index (χ2n) is 9.13. The Hall–Kier alpha value is -3.56. The molecule has 3 aliphatic heterocycles. The van der Waals surface area contributed by atoms with Crippen molar-refractivity contribution in [2.24, 2.45) is 0 Å². The van der Waals surface area contributed by atoms with Crippen LogP contribution in [-0.2, 0) is 14.3 Å². The monoisotopic (exact) mass is 508 g/mol. The summed E-state index contributed by atoms with van der Waals surface area (Å²) in [5, 5.41) is 11.4. The Labute approximate surface area is 216 Å². The molecule has 1 N–H and O–H groups in total. The van der Waals surface area contributed by atoms with E-state index in [1.165, 1.54) is 0 Å². The number of hydrogen-bond acceptors (Lipinski definition) is 8. The van der Waals surface area contributed by atoms with Crippen LogP contribution in [0.2, 0.25) is 0 Å². The number of fused-ring (bicyclic) bond motifs is 1. The second-order valence-corrected chi connectivity index (χ2v) is 9.13. The van der Waals surface area contributed by atoms with E-state index in [2.05, 4.69) is 4.90 Å². The molecule has 1 amide bonds. The third-order valence-electron chi connectivity index (χ3n) is 6.85. The van der Waals surface area contributed by atoms with E-state index >= 15 is 0 Å². The van der Waals surface area contributed by atoms with Gasteiger partial charge >= 0.3 is 0 Å². The summed E-state index contributed by atoms with van der Waals surface area (Å²) in [5.41, 5.74) is 1.09. The predicted molar refractivity (Wildman–Crippen MR) is 136 cm³/mol. The summed E-state index contributed by atoms with van der Waals surface area (Å²) in [4.78, 5) is 30.6. The Balaban J connectivity index is 1.52. The standard InChI is InChI=1S/C28H32N2O7/c1-2-35-21-7-4-3-6-20(21)25-24(26(31)19-8-9-22-23(18-19)37-17-16-36-22)27(32)28(33)30(25)11-5-10-29-12-14-34-15-13-29/h3-4,6-9,18,25,31H,2,5,10-17H2,1H3. The van der Waals surface area contributed by atoms with Gasteiger partial charge in [-0.2, -0.15) is 0 Å². The van der Waals surface area contributed by atoms with Crippen LogP contribution >= 0.6 is 0 Å². The fraction of sp³-hybridized carbons (Fsp3) is 0.429. The molecule has 0 radical (unpaired) electrons. The normalized spacial score (nSPS) is 21.3. The molecule has 3 aliphatic rings. The second kappa shape index (κ2) is 11.2. The highest BCUT2D eigenvalue weighted by Crippen LogP contribution is 2.43. The van der Waals surface area contributed by atoms with Crippen LogP contribution in [0.25, 0.3) is 5.76 Å². The van der Waals surface area contributed by atoms with E-state index in [0.29, 0.717) is 74.4 Å². The lowest BCUT2D eigenvalue weighted by Crippen LogP contribution is -2.39. The van der Waals surface area contributed by atoms with Gasteiger partial charge in [-0.05, 0) is 37.6 Å². The van der Waals surface area contributed by atoms with Crippen LogP contribution in [0.1, 0.15) is 30.5 Å². The molecule has 0 spiro atoms. The van der Waals surface area contributed by atoms with Crippen LogP contribution in [0.5, 0.6) is 17.2 Å². The maximum absolute atomic E-state index is 13.4. The van der Waals surface area contributed by atoms with Gasteiger partial charge in [-0.15, -0.1) is 0 Å².